The molecule has 8 nitrogen and oxygen atoms in total. The Bertz CT molecular complexity index is 1290. The molecule has 0 spiro atoms. The predicted octanol–water partition coefficient (Wildman–Crippen LogP) is 4.43. The van der Waals surface area contributed by atoms with Crippen LogP contribution in [-0.4, -0.2) is 52.1 Å². The lowest BCUT2D eigenvalue weighted by Gasteiger charge is -2.33. The summed E-state index contributed by atoms with van der Waals surface area (Å²) in [6.07, 6.45) is -6.43. The molecule has 0 saturated heterocycles. The second kappa shape index (κ2) is 10.3. The molecule has 2 aromatic heterocycles. The summed E-state index contributed by atoms with van der Waals surface area (Å²) in [4.78, 5) is 22.2. The number of hydrogen-bond acceptors (Lipinski definition) is 6. The zero-order valence-electron chi connectivity index (χ0n) is 19.0. The van der Waals surface area contributed by atoms with Gasteiger partial charge in [-0.1, -0.05) is 18.2 Å². The number of benzene rings is 1. The number of carbonyl (C=O) groups excluding carboxylic acids is 1. The molecule has 1 aromatic carbocycles. The van der Waals surface area contributed by atoms with Crippen LogP contribution in [0, 0.1) is 0 Å². The number of fused-ring (bicyclic) bond motifs is 1. The van der Waals surface area contributed by atoms with Gasteiger partial charge in [0, 0.05) is 24.6 Å². The fourth-order valence-electron chi connectivity index (χ4n) is 3.62. The summed E-state index contributed by atoms with van der Waals surface area (Å²) in [5, 5.41) is 20.7. The Labute approximate surface area is 207 Å². The van der Waals surface area contributed by atoms with Crippen LogP contribution in [0.4, 0.5) is 38.4 Å². The number of aromatic nitrogens is 2. The fourth-order valence-corrected chi connectivity index (χ4v) is 3.62. The van der Waals surface area contributed by atoms with E-state index in [9.17, 15) is 31.9 Å². The van der Waals surface area contributed by atoms with Gasteiger partial charge in [0.25, 0.3) is 5.92 Å². The molecule has 1 aliphatic heterocycles. The summed E-state index contributed by atoms with van der Waals surface area (Å²) in [6.45, 7) is -1.19. The molecule has 1 aliphatic rings. The molecule has 3 aromatic rings. The number of carbonyl (C=O) groups is 1. The van der Waals surface area contributed by atoms with Crippen LogP contribution in [0.2, 0.25) is 0 Å². The Morgan fingerprint density at radius 2 is 1.89 bits per heavy atom. The van der Waals surface area contributed by atoms with Crippen LogP contribution < -0.4 is 15.0 Å². The van der Waals surface area contributed by atoms with Crippen LogP contribution in [0.5, 0.6) is 5.88 Å². The second-order valence-electron chi connectivity index (χ2n) is 8.19. The molecule has 0 radical (unpaired) electrons. The maximum absolute atomic E-state index is 14.6. The molecule has 0 saturated carbocycles. The number of anilines is 2. The van der Waals surface area contributed by atoms with Gasteiger partial charge in [-0.15, -0.1) is 0 Å². The zero-order chi connectivity index (χ0) is 26.8. The minimum absolute atomic E-state index is 0.00825. The highest BCUT2D eigenvalue weighted by atomic mass is 19.4. The van der Waals surface area contributed by atoms with Crippen LogP contribution in [0.3, 0.4) is 0 Å². The first-order valence-corrected chi connectivity index (χ1v) is 11.0. The van der Waals surface area contributed by atoms with Crippen molar-refractivity contribution in [3.63, 3.8) is 0 Å². The molecule has 0 bridgehead atoms. The van der Waals surface area contributed by atoms with Crippen molar-refractivity contribution in [1.82, 2.24) is 9.97 Å². The Hall–Kier alpha value is -3.84. The number of pyridine rings is 2. The van der Waals surface area contributed by atoms with Crippen molar-refractivity contribution in [3.05, 3.63) is 65.7 Å². The average Bonchev–Trinajstić information content (AvgIpc) is 2.86. The number of alkyl halides is 5. The highest BCUT2D eigenvalue weighted by Crippen LogP contribution is 2.43. The van der Waals surface area contributed by atoms with E-state index >= 15 is 0 Å². The van der Waals surface area contributed by atoms with Gasteiger partial charge in [0.2, 0.25) is 5.88 Å². The third kappa shape index (κ3) is 5.94. The van der Waals surface area contributed by atoms with Crippen molar-refractivity contribution in [3.8, 4) is 17.1 Å². The quantitative estimate of drug-likeness (QED) is 0.412. The smallest absolute Gasteiger partial charge is 0.416 e. The predicted molar refractivity (Wildman–Crippen MR) is 122 cm³/mol. The number of aliphatic hydroxyl groups excluding tert-OH is 2. The van der Waals surface area contributed by atoms with Gasteiger partial charge in [-0.2, -0.15) is 18.2 Å². The summed E-state index contributed by atoms with van der Waals surface area (Å²) in [6, 6.07) is 10.0. The number of ether oxygens (including phenoxy) is 1. The number of aliphatic hydroxyl groups is 2. The van der Waals surface area contributed by atoms with Crippen molar-refractivity contribution in [2.45, 2.75) is 24.6 Å². The van der Waals surface area contributed by atoms with Crippen molar-refractivity contribution < 1.29 is 41.7 Å². The number of amides is 2. The van der Waals surface area contributed by atoms with Crippen LogP contribution in [0.1, 0.15) is 17.5 Å². The van der Waals surface area contributed by atoms with E-state index in [-0.39, 0.29) is 35.4 Å². The van der Waals surface area contributed by atoms with Gasteiger partial charge in [0.15, 0.2) is 0 Å². The van der Waals surface area contributed by atoms with Crippen molar-refractivity contribution in [2.24, 2.45) is 0 Å². The van der Waals surface area contributed by atoms with Crippen molar-refractivity contribution in [2.75, 3.05) is 30.0 Å². The summed E-state index contributed by atoms with van der Waals surface area (Å²) in [7, 11) is 0. The lowest BCUT2D eigenvalue weighted by atomic mass is 9.99. The van der Waals surface area contributed by atoms with E-state index in [1.165, 1.54) is 36.4 Å². The molecule has 0 aliphatic carbocycles. The third-order valence-corrected chi connectivity index (χ3v) is 5.50. The van der Waals surface area contributed by atoms with E-state index in [1.54, 1.807) is 0 Å². The van der Waals surface area contributed by atoms with E-state index in [2.05, 4.69) is 15.3 Å². The Kier molecular flexibility index (Phi) is 7.28. The second-order valence-corrected chi connectivity index (χ2v) is 8.19. The van der Waals surface area contributed by atoms with Crippen LogP contribution in [0.15, 0.2) is 54.6 Å². The molecule has 13 heteroatoms. The summed E-state index contributed by atoms with van der Waals surface area (Å²) in [5.74, 6) is -3.65. The summed E-state index contributed by atoms with van der Waals surface area (Å²) < 4.78 is 73.9. The molecule has 2 amide bonds. The molecule has 0 fully saturated rings. The van der Waals surface area contributed by atoms with Gasteiger partial charge in [0.1, 0.15) is 24.3 Å². The van der Waals surface area contributed by atoms with Gasteiger partial charge in [0.05, 0.1) is 23.4 Å². The number of nitrogens with zero attached hydrogens (tertiary/aromatic N) is 3. The topological polar surface area (TPSA) is 108 Å². The molecular formula is C24H21F5N4O4. The first kappa shape index (κ1) is 26.2. The molecule has 3 heterocycles. The van der Waals surface area contributed by atoms with Crippen molar-refractivity contribution >= 4 is 17.7 Å². The SMILES string of the molecule is O=C(Nc1cccc(OC[C@@H](O)CO)n1)N1CCC(F)(F)c2ccc(-c3cccc(C(F)(F)F)c3)nc21. The fraction of sp³-hybridized carbons (Fsp3) is 0.292. The molecule has 4 rings (SSSR count). The Morgan fingerprint density at radius 1 is 1.14 bits per heavy atom. The monoisotopic (exact) mass is 524 g/mol. The molecule has 3 N–H and O–H groups in total. The van der Waals surface area contributed by atoms with Crippen LogP contribution in [-0.2, 0) is 12.1 Å². The van der Waals surface area contributed by atoms with Crippen molar-refractivity contribution in [1.29, 1.82) is 0 Å². The number of nitrogens with one attached hydrogen (secondary N) is 1. The Balaban J connectivity index is 1.62. The largest absolute Gasteiger partial charge is 0.475 e. The number of rotatable bonds is 6. The molecular weight excluding hydrogens is 503 g/mol. The van der Waals surface area contributed by atoms with Gasteiger partial charge < -0.3 is 14.9 Å². The maximum Gasteiger partial charge on any atom is 0.416 e. The maximum atomic E-state index is 14.6. The average molecular weight is 524 g/mol. The summed E-state index contributed by atoms with van der Waals surface area (Å²) in [5.41, 5.74) is -1.43. The lowest BCUT2D eigenvalue weighted by Crippen LogP contribution is -2.43. The summed E-state index contributed by atoms with van der Waals surface area (Å²) >= 11 is 0. The highest BCUT2D eigenvalue weighted by Gasteiger charge is 2.42. The third-order valence-electron chi connectivity index (χ3n) is 5.50. The first-order valence-electron chi connectivity index (χ1n) is 11.0. The van der Waals surface area contributed by atoms with E-state index in [1.807, 2.05) is 0 Å². The van der Waals surface area contributed by atoms with Crippen LogP contribution in [0.25, 0.3) is 11.3 Å². The number of urea groups is 1. The minimum atomic E-state index is -4.61. The van der Waals surface area contributed by atoms with Gasteiger partial charge in [-0.05, 0) is 30.3 Å². The van der Waals surface area contributed by atoms with E-state index in [0.29, 0.717) is 0 Å². The standard InChI is InChI=1S/C24H21F5N4O4/c25-23(26)9-10-33(22(36)32-19-5-2-6-20(31-19)37-13-16(35)12-34)21-17(23)7-8-18(30-21)14-3-1-4-15(11-14)24(27,28)29/h1-8,11,16,34-35H,9-10,12-13H2,(H,31,32,36)/t16-/m0/s1. The molecule has 0 unspecified atom stereocenters. The lowest BCUT2D eigenvalue weighted by molar-refractivity contribution is -0.137. The van der Waals surface area contributed by atoms with E-state index < -0.39 is 54.9 Å². The zero-order valence-corrected chi connectivity index (χ0v) is 19.0. The molecule has 1 atom stereocenters. The molecule has 196 valence electrons. The first-order chi connectivity index (χ1) is 17.5. The minimum Gasteiger partial charge on any atom is -0.475 e. The molecule has 37 heavy (non-hydrogen) atoms. The highest BCUT2D eigenvalue weighted by molar-refractivity contribution is 6.01. The van der Waals surface area contributed by atoms with E-state index in [0.717, 1.165) is 23.1 Å². The Morgan fingerprint density at radius 3 is 2.62 bits per heavy atom. The number of halogens is 5. The normalized spacial score (nSPS) is 15.6. The van der Waals surface area contributed by atoms with Gasteiger partial charge in [-0.25, -0.2) is 18.6 Å². The number of hydrogen-bond donors (Lipinski definition) is 3. The van der Waals surface area contributed by atoms with Crippen LogP contribution >= 0.6 is 0 Å². The van der Waals surface area contributed by atoms with E-state index in [4.69, 9.17) is 9.84 Å². The van der Waals surface area contributed by atoms with Gasteiger partial charge >= 0.3 is 12.2 Å². The van der Waals surface area contributed by atoms with Gasteiger partial charge in [-0.3, -0.25) is 10.2 Å².